The summed E-state index contributed by atoms with van der Waals surface area (Å²) in [5, 5.41) is 4.49. The zero-order chi connectivity index (χ0) is 9.84. The quantitative estimate of drug-likeness (QED) is 0.556. The molecule has 0 heterocycles. The first kappa shape index (κ1) is 9.80. The van der Waals surface area contributed by atoms with Crippen LogP contribution in [0.15, 0.2) is 23.5 Å². The van der Waals surface area contributed by atoms with Crippen molar-refractivity contribution in [3.8, 4) is 5.75 Å². The first-order valence-corrected chi connectivity index (χ1v) is 3.97. The van der Waals surface area contributed by atoms with E-state index >= 15 is 0 Å². The standard InChI is InChI=1S/C8H9ClN2O2/c1-11(10-12)7-4-3-6(9)5-8(7)13-2/h3-5H,1-2H3. The fourth-order valence-electron chi connectivity index (χ4n) is 0.963. The van der Waals surface area contributed by atoms with Crippen molar-refractivity contribution >= 4 is 17.3 Å². The molecular weight excluding hydrogens is 192 g/mol. The van der Waals surface area contributed by atoms with Crippen molar-refractivity contribution in [3.63, 3.8) is 0 Å². The molecule has 0 aromatic heterocycles. The van der Waals surface area contributed by atoms with E-state index in [1.165, 1.54) is 12.1 Å². The Bertz CT molecular complexity index is 317. The van der Waals surface area contributed by atoms with Gasteiger partial charge in [-0.1, -0.05) is 11.6 Å². The van der Waals surface area contributed by atoms with Gasteiger partial charge in [0.05, 0.1) is 12.4 Å². The van der Waals surface area contributed by atoms with Gasteiger partial charge in [0.1, 0.15) is 11.4 Å². The first-order chi connectivity index (χ1) is 6.19. The average Bonchev–Trinajstić information content (AvgIpc) is 2.16. The van der Waals surface area contributed by atoms with Gasteiger partial charge in [-0.05, 0) is 12.1 Å². The van der Waals surface area contributed by atoms with Crippen LogP contribution < -0.4 is 9.75 Å². The maximum absolute atomic E-state index is 10.2. The maximum atomic E-state index is 10.2. The number of halogens is 1. The van der Waals surface area contributed by atoms with Crippen LogP contribution in [0.5, 0.6) is 5.75 Å². The lowest BCUT2D eigenvalue weighted by atomic mass is 10.3. The molecule has 0 unspecified atom stereocenters. The van der Waals surface area contributed by atoms with Crippen LogP contribution in [0.25, 0.3) is 0 Å². The van der Waals surface area contributed by atoms with Crippen LogP contribution in [0.4, 0.5) is 5.69 Å². The number of ether oxygens (including phenoxy) is 1. The number of anilines is 1. The Balaban J connectivity index is 3.12. The fraction of sp³-hybridized carbons (Fsp3) is 0.250. The second-order valence-electron chi connectivity index (χ2n) is 2.42. The summed E-state index contributed by atoms with van der Waals surface area (Å²) in [6, 6.07) is 4.96. The lowest BCUT2D eigenvalue weighted by Gasteiger charge is -2.12. The van der Waals surface area contributed by atoms with Crippen LogP contribution in [-0.2, 0) is 0 Å². The molecule has 0 amide bonds. The number of nitroso groups, excluding NO2 is 1. The Morgan fingerprint density at radius 2 is 2.23 bits per heavy atom. The van der Waals surface area contributed by atoms with E-state index in [1.807, 2.05) is 0 Å². The predicted octanol–water partition coefficient (Wildman–Crippen LogP) is 2.47. The molecule has 4 nitrogen and oxygen atoms in total. The van der Waals surface area contributed by atoms with Gasteiger partial charge in [0.2, 0.25) is 0 Å². The van der Waals surface area contributed by atoms with Crippen molar-refractivity contribution in [3.05, 3.63) is 28.1 Å². The van der Waals surface area contributed by atoms with Crippen molar-refractivity contribution in [2.45, 2.75) is 0 Å². The molecule has 70 valence electrons. The highest BCUT2D eigenvalue weighted by Crippen LogP contribution is 2.30. The second-order valence-corrected chi connectivity index (χ2v) is 2.86. The van der Waals surface area contributed by atoms with Gasteiger partial charge in [-0.25, -0.2) is 5.01 Å². The minimum Gasteiger partial charge on any atom is -0.494 e. The van der Waals surface area contributed by atoms with Crippen LogP contribution in [0.3, 0.4) is 0 Å². The van der Waals surface area contributed by atoms with Crippen molar-refractivity contribution in [2.75, 3.05) is 19.2 Å². The van der Waals surface area contributed by atoms with Gasteiger partial charge >= 0.3 is 0 Å². The predicted molar refractivity (Wildman–Crippen MR) is 52.2 cm³/mol. The zero-order valence-electron chi connectivity index (χ0n) is 7.32. The molecule has 0 saturated carbocycles. The van der Waals surface area contributed by atoms with Crippen molar-refractivity contribution in [2.24, 2.45) is 5.29 Å². The molecule has 0 aliphatic rings. The van der Waals surface area contributed by atoms with E-state index in [2.05, 4.69) is 5.29 Å². The minimum atomic E-state index is 0.523. The number of hydrogen-bond acceptors (Lipinski definition) is 3. The third kappa shape index (κ3) is 2.09. The van der Waals surface area contributed by atoms with Crippen LogP contribution in [0.1, 0.15) is 0 Å². The lowest BCUT2D eigenvalue weighted by Crippen LogP contribution is -2.08. The molecule has 0 aliphatic carbocycles. The number of hydrogen-bond donors (Lipinski definition) is 0. The van der Waals surface area contributed by atoms with Gasteiger partial charge in [0, 0.05) is 18.1 Å². The number of nitrogens with zero attached hydrogens (tertiary/aromatic N) is 2. The molecule has 0 spiro atoms. The van der Waals surface area contributed by atoms with Gasteiger partial charge in [0.15, 0.2) is 0 Å². The van der Waals surface area contributed by atoms with Gasteiger partial charge in [-0.15, -0.1) is 4.91 Å². The van der Waals surface area contributed by atoms with Gasteiger partial charge < -0.3 is 4.74 Å². The molecule has 1 rings (SSSR count). The molecule has 0 saturated heterocycles. The third-order valence-electron chi connectivity index (χ3n) is 1.61. The molecule has 0 radical (unpaired) electrons. The molecule has 5 heteroatoms. The molecule has 0 N–H and O–H groups in total. The molecule has 0 bridgehead atoms. The van der Waals surface area contributed by atoms with Gasteiger partial charge in [-0.2, -0.15) is 0 Å². The van der Waals surface area contributed by atoms with Gasteiger partial charge in [0.25, 0.3) is 0 Å². The summed E-state index contributed by atoms with van der Waals surface area (Å²) < 4.78 is 5.02. The number of methoxy groups -OCH3 is 1. The van der Waals surface area contributed by atoms with E-state index in [4.69, 9.17) is 16.3 Å². The monoisotopic (exact) mass is 200 g/mol. The second kappa shape index (κ2) is 4.09. The van der Waals surface area contributed by atoms with E-state index in [0.717, 1.165) is 0 Å². The molecule has 1 aromatic rings. The Morgan fingerprint density at radius 1 is 1.54 bits per heavy atom. The van der Waals surface area contributed by atoms with Crippen LogP contribution >= 0.6 is 11.6 Å². The summed E-state index contributed by atoms with van der Waals surface area (Å²) in [4.78, 5) is 10.2. The highest BCUT2D eigenvalue weighted by atomic mass is 35.5. The molecule has 0 atom stereocenters. The Hall–Kier alpha value is -1.29. The Morgan fingerprint density at radius 3 is 2.77 bits per heavy atom. The summed E-state index contributed by atoms with van der Waals surface area (Å²) in [5.41, 5.74) is 0.585. The lowest BCUT2D eigenvalue weighted by molar-refractivity contribution is 0.415. The summed E-state index contributed by atoms with van der Waals surface area (Å²) >= 11 is 5.74. The normalized spacial score (nSPS) is 9.46. The molecule has 0 fully saturated rings. The SMILES string of the molecule is COc1cc(Cl)ccc1N(C)N=O. The van der Waals surface area contributed by atoms with Crippen molar-refractivity contribution in [1.82, 2.24) is 0 Å². The largest absolute Gasteiger partial charge is 0.494 e. The van der Waals surface area contributed by atoms with E-state index in [9.17, 15) is 4.91 Å². The van der Waals surface area contributed by atoms with E-state index in [0.29, 0.717) is 16.5 Å². The highest BCUT2D eigenvalue weighted by Gasteiger charge is 2.08. The van der Waals surface area contributed by atoms with Crippen LogP contribution in [0, 0.1) is 4.91 Å². The molecule has 13 heavy (non-hydrogen) atoms. The summed E-state index contributed by atoms with van der Waals surface area (Å²) in [6.45, 7) is 0. The third-order valence-corrected chi connectivity index (χ3v) is 1.85. The summed E-state index contributed by atoms with van der Waals surface area (Å²) in [5.74, 6) is 0.523. The smallest absolute Gasteiger partial charge is 0.145 e. The topological polar surface area (TPSA) is 41.9 Å². The zero-order valence-corrected chi connectivity index (χ0v) is 8.08. The average molecular weight is 201 g/mol. The van der Waals surface area contributed by atoms with Gasteiger partial charge in [-0.3, -0.25) is 0 Å². The maximum Gasteiger partial charge on any atom is 0.145 e. The first-order valence-electron chi connectivity index (χ1n) is 3.59. The summed E-state index contributed by atoms with van der Waals surface area (Å²) in [6.07, 6.45) is 0. The van der Waals surface area contributed by atoms with Crippen molar-refractivity contribution < 1.29 is 4.74 Å². The minimum absolute atomic E-state index is 0.523. The fourth-order valence-corrected chi connectivity index (χ4v) is 1.12. The Kier molecular flexibility index (Phi) is 3.08. The molecule has 0 aliphatic heterocycles. The van der Waals surface area contributed by atoms with E-state index in [1.54, 1.807) is 25.2 Å². The van der Waals surface area contributed by atoms with Crippen molar-refractivity contribution in [1.29, 1.82) is 0 Å². The van der Waals surface area contributed by atoms with E-state index in [-0.39, 0.29) is 0 Å². The van der Waals surface area contributed by atoms with Crippen LogP contribution in [0.2, 0.25) is 5.02 Å². The highest BCUT2D eigenvalue weighted by molar-refractivity contribution is 6.30. The molecule has 1 aromatic carbocycles. The number of rotatable bonds is 3. The summed E-state index contributed by atoms with van der Waals surface area (Å²) in [7, 11) is 3.05. The number of benzene rings is 1. The Labute approximate surface area is 81.0 Å². The van der Waals surface area contributed by atoms with Crippen LogP contribution in [-0.4, -0.2) is 14.2 Å². The molecular formula is C8H9ClN2O2. The van der Waals surface area contributed by atoms with E-state index < -0.39 is 0 Å².